The van der Waals surface area contributed by atoms with Crippen molar-refractivity contribution in [2.24, 2.45) is 0 Å². The van der Waals surface area contributed by atoms with Gasteiger partial charge in [0.15, 0.2) is 0 Å². The quantitative estimate of drug-likeness (QED) is 0.776. The molecule has 0 fully saturated rings. The summed E-state index contributed by atoms with van der Waals surface area (Å²) in [6.07, 6.45) is 1.70. The van der Waals surface area contributed by atoms with E-state index in [0.717, 1.165) is 16.9 Å². The highest BCUT2D eigenvalue weighted by molar-refractivity contribution is 6.12. The van der Waals surface area contributed by atoms with Gasteiger partial charge in [-0.15, -0.1) is 5.10 Å². The Balaban J connectivity index is 1.57. The lowest BCUT2D eigenvalue weighted by atomic mass is 10.1. The second-order valence-electron chi connectivity index (χ2n) is 6.04. The predicted molar refractivity (Wildman–Crippen MR) is 94.9 cm³/mol. The van der Waals surface area contributed by atoms with Crippen molar-refractivity contribution in [1.82, 2.24) is 20.2 Å². The summed E-state index contributed by atoms with van der Waals surface area (Å²) in [7, 11) is 0. The molecular weight excluding hydrogens is 332 g/mol. The highest BCUT2D eigenvalue weighted by Gasteiger charge is 2.33. The molecule has 1 N–H and O–H groups in total. The van der Waals surface area contributed by atoms with Crippen LogP contribution in [-0.4, -0.2) is 38.1 Å². The Hall–Kier alpha value is -3.55. The average molecular weight is 348 g/mol. The van der Waals surface area contributed by atoms with Crippen molar-refractivity contribution in [2.45, 2.75) is 19.4 Å². The Morgan fingerprint density at radius 2 is 1.92 bits per heavy atom. The second-order valence-corrected chi connectivity index (χ2v) is 6.04. The van der Waals surface area contributed by atoms with Crippen molar-refractivity contribution in [3.05, 3.63) is 60.4 Å². The summed E-state index contributed by atoms with van der Waals surface area (Å²) < 4.78 is 1.54. The highest BCUT2D eigenvalue weighted by Crippen LogP contribution is 2.32. The van der Waals surface area contributed by atoms with E-state index in [2.05, 4.69) is 20.8 Å². The first-order chi connectivity index (χ1) is 12.6. The topological polar surface area (TPSA) is 93.0 Å². The molecule has 1 aromatic heterocycles. The number of hydrogen-bond donors (Lipinski definition) is 1. The third-order valence-corrected chi connectivity index (χ3v) is 4.36. The Bertz CT molecular complexity index is 952. The monoisotopic (exact) mass is 348 g/mol. The third-order valence-electron chi connectivity index (χ3n) is 4.36. The summed E-state index contributed by atoms with van der Waals surface area (Å²) in [5, 5.41) is 13.9. The van der Waals surface area contributed by atoms with Crippen LogP contribution in [0.5, 0.6) is 0 Å². The van der Waals surface area contributed by atoms with Gasteiger partial charge < -0.3 is 5.32 Å². The summed E-state index contributed by atoms with van der Waals surface area (Å²) in [5.41, 5.74) is 3.03. The van der Waals surface area contributed by atoms with E-state index in [0.29, 0.717) is 5.69 Å². The third kappa shape index (κ3) is 2.81. The SMILES string of the molecule is CC1C(=O)Nc2ccccc2N1C(=O)Cc1ccc(-n2cnnn2)cc1. The fourth-order valence-corrected chi connectivity index (χ4v) is 3.01. The largest absolute Gasteiger partial charge is 0.322 e. The van der Waals surface area contributed by atoms with E-state index in [1.165, 1.54) is 6.33 Å². The van der Waals surface area contributed by atoms with E-state index in [1.807, 2.05) is 42.5 Å². The summed E-state index contributed by atoms with van der Waals surface area (Å²) >= 11 is 0. The molecule has 2 aromatic carbocycles. The molecule has 1 atom stereocenters. The maximum atomic E-state index is 12.9. The molecule has 8 nitrogen and oxygen atoms in total. The van der Waals surface area contributed by atoms with Gasteiger partial charge in [0.05, 0.1) is 23.5 Å². The van der Waals surface area contributed by atoms with E-state index in [4.69, 9.17) is 0 Å². The van der Waals surface area contributed by atoms with E-state index in [9.17, 15) is 9.59 Å². The lowest BCUT2D eigenvalue weighted by Gasteiger charge is -2.34. The first kappa shape index (κ1) is 15.9. The van der Waals surface area contributed by atoms with Crippen LogP contribution in [0.4, 0.5) is 11.4 Å². The van der Waals surface area contributed by atoms with Gasteiger partial charge in [-0.1, -0.05) is 24.3 Å². The Kier molecular flexibility index (Phi) is 3.92. The number of carbonyl (C=O) groups excluding carboxylic acids is 2. The molecule has 0 bridgehead atoms. The van der Waals surface area contributed by atoms with Crippen LogP contribution in [-0.2, 0) is 16.0 Å². The van der Waals surface area contributed by atoms with Crippen molar-refractivity contribution in [1.29, 1.82) is 0 Å². The van der Waals surface area contributed by atoms with Gasteiger partial charge in [0, 0.05) is 0 Å². The highest BCUT2D eigenvalue weighted by atomic mass is 16.2. The zero-order chi connectivity index (χ0) is 18.1. The van der Waals surface area contributed by atoms with Crippen molar-refractivity contribution < 1.29 is 9.59 Å². The number of nitrogens with one attached hydrogen (secondary N) is 1. The van der Waals surface area contributed by atoms with Gasteiger partial charge in [0.1, 0.15) is 12.4 Å². The number of rotatable bonds is 3. The van der Waals surface area contributed by atoms with Gasteiger partial charge in [-0.3, -0.25) is 14.5 Å². The Morgan fingerprint density at radius 1 is 1.15 bits per heavy atom. The molecule has 130 valence electrons. The summed E-state index contributed by atoms with van der Waals surface area (Å²) in [6.45, 7) is 1.73. The molecular formula is C18H16N6O2. The second kappa shape index (κ2) is 6.40. The van der Waals surface area contributed by atoms with E-state index in [1.54, 1.807) is 22.6 Å². The fraction of sp³-hybridized carbons (Fsp3) is 0.167. The Morgan fingerprint density at radius 3 is 2.65 bits per heavy atom. The molecule has 2 heterocycles. The van der Waals surface area contributed by atoms with Gasteiger partial charge in [0.2, 0.25) is 11.8 Å². The molecule has 1 unspecified atom stereocenters. The number of amides is 2. The molecule has 3 aromatic rings. The normalized spacial score (nSPS) is 16.1. The molecule has 0 saturated carbocycles. The zero-order valence-corrected chi connectivity index (χ0v) is 14.0. The summed E-state index contributed by atoms with van der Waals surface area (Å²) in [5.74, 6) is -0.318. The molecule has 2 amide bonds. The number of fused-ring (bicyclic) bond motifs is 1. The number of hydrogen-bond acceptors (Lipinski definition) is 5. The smallest absolute Gasteiger partial charge is 0.247 e. The van der Waals surface area contributed by atoms with E-state index < -0.39 is 6.04 Å². The summed E-state index contributed by atoms with van der Waals surface area (Å²) in [6, 6.07) is 14.2. The fourth-order valence-electron chi connectivity index (χ4n) is 3.01. The van der Waals surface area contributed by atoms with Crippen LogP contribution >= 0.6 is 0 Å². The number of benzene rings is 2. The van der Waals surface area contributed by atoms with Crippen LogP contribution in [0.25, 0.3) is 5.69 Å². The molecule has 1 aliphatic rings. The first-order valence-corrected chi connectivity index (χ1v) is 8.18. The van der Waals surface area contributed by atoms with Crippen LogP contribution in [0.2, 0.25) is 0 Å². The van der Waals surface area contributed by atoms with Gasteiger partial charge in [-0.05, 0) is 47.2 Å². The van der Waals surface area contributed by atoms with E-state index >= 15 is 0 Å². The van der Waals surface area contributed by atoms with Crippen molar-refractivity contribution in [3.63, 3.8) is 0 Å². The van der Waals surface area contributed by atoms with Gasteiger partial charge in [-0.25, -0.2) is 4.68 Å². The lowest BCUT2D eigenvalue weighted by Crippen LogP contribution is -2.49. The number of carbonyl (C=O) groups is 2. The average Bonchev–Trinajstić information content (AvgIpc) is 3.18. The maximum absolute atomic E-state index is 12.9. The molecule has 0 aliphatic carbocycles. The molecule has 1 aliphatic heterocycles. The van der Waals surface area contributed by atoms with Gasteiger partial charge in [-0.2, -0.15) is 0 Å². The van der Waals surface area contributed by atoms with Crippen LogP contribution in [0.3, 0.4) is 0 Å². The molecule has 26 heavy (non-hydrogen) atoms. The maximum Gasteiger partial charge on any atom is 0.247 e. The number of anilines is 2. The number of nitrogens with zero attached hydrogens (tertiary/aromatic N) is 5. The van der Waals surface area contributed by atoms with Crippen LogP contribution < -0.4 is 10.2 Å². The van der Waals surface area contributed by atoms with Crippen molar-refractivity contribution in [2.75, 3.05) is 10.2 Å². The molecule has 0 spiro atoms. The van der Waals surface area contributed by atoms with Crippen molar-refractivity contribution >= 4 is 23.2 Å². The minimum atomic E-state index is -0.558. The van der Waals surface area contributed by atoms with Crippen LogP contribution in [0, 0.1) is 0 Å². The zero-order valence-electron chi connectivity index (χ0n) is 14.0. The Labute approximate surface area is 149 Å². The van der Waals surface area contributed by atoms with Crippen LogP contribution in [0.15, 0.2) is 54.9 Å². The molecule has 0 radical (unpaired) electrons. The molecule has 4 rings (SSSR count). The summed E-state index contributed by atoms with van der Waals surface area (Å²) in [4.78, 5) is 26.6. The predicted octanol–water partition coefficient (Wildman–Crippen LogP) is 1.58. The van der Waals surface area contributed by atoms with E-state index in [-0.39, 0.29) is 18.2 Å². The lowest BCUT2D eigenvalue weighted by molar-refractivity contribution is -0.123. The minimum Gasteiger partial charge on any atom is -0.322 e. The van der Waals surface area contributed by atoms with Gasteiger partial charge in [0.25, 0.3) is 0 Å². The molecule has 0 saturated heterocycles. The standard InChI is InChI=1S/C18H16N6O2/c1-12-18(26)20-15-4-2-3-5-16(15)24(12)17(25)10-13-6-8-14(9-7-13)23-11-19-21-22-23/h2-9,11-12H,10H2,1H3,(H,20,26). The number of para-hydroxylation sites is 2. The first-order valence-electron chi connectivity index (χ1n) is 8.18. The minimum absolute atomic E-state index is 0.130. The molecule has 8 heteroatoms. The number of tetrazole rings is 1. The number of aromatic nitrogens is 4. The van der Waals surface area contributed by atoms with Crippen molar-refractivity contribution in [3.8, 4) is 5.69 Å². The van der Waals surface area contributed by atoms with Crippen LogP contribution in [0.1, 0.15) is 12.5 Å². The van der Waals surface area contributed by atoms with Gasteiger partial charge >= 0.3 is 0 Å².